The maximum Gasteiger partial charge on any atom is 0.225 e. The monoisotopic (exact) mass is 402 g/mol. The van der Waals surface area contributed by atoms with Gasteiger partial charge in [0.1, 0.15) is 5.75 Å². The third-order valence-corrected chi connectivity index (χ3v) is 5.85. The lowest BCUT2D eigenvalue weighted by atomic mass is 9.88. The second-order valence-corrected chi connectivity index (χ2v) is 7.82. The molecule has 0 radical (unpaired) electrons. The summed E-state index contributed by atoms with van der Waals surface area (Å²) in [5.74, 6) is -0.130. The first-order chi connectivity index (χ1) is 14.1. The third kappa shape index (κ3) is 3.15. The molecule has 3 aromatic carbocycles. The van der Waals surface area contributed by atoms with Crippen molar-refractivity contribution < 1.29 is 9.90 Å². The zero-order valence-electron chi connectivity index (χ0n) is 15.6. The van der Waals surface area contributed by atoms with Gasteiger partial charge in [-0.1, -0.05) is 54.1 Å². The lowest BCUT2D eigenvalue weighted by molar-refractivity contribution is -0.116. The molecule has 4 aromatic rings. The number of hydrogen-bond donors (Lipinski definition) is 2. The second-order valence-electron chi connectivity index (χ2n) is 7.41. The summed E-state index contributed by atoms with van der Waals surface area (Å²) in [5, 5.41) is 14.2. The number of phenolic OH excluding ortho intramolecular Hbond substituents is 1. The van der Waals surface area contributed by atoms with Gasteiger partial charge in [-0.2, -0.15) is 0 Å². The van der Waals surface area contributed by atoms with Crippen LogP contribution < -0.4 is 5.32 Å². The van der Waals surface area contributed by atoms with E-state index in [1.165, 1.54) is 5.56 Å². The topological polar surface area (TPSA) is 54.3 Å². The van der Waals surface area contributed by atoms with Crippen LogP contribution in [0.2, 0.25) is 5.02 Å². The van der Waals surface area contributed by atoms with E-state index in [1.807, 2.05) is 36.4 Å². The van der Waals surface area contributed by atoms with E-state index in [9.17, 15) is 9.90 Å². The Labute approximate surface area is 173 Å². The Morgan fingerprint density at radius 1 is 1.07 bits per heavy atom. The predicted octanol–water partition coefficient (Wildman–Crippen LogP) is 5.52. The first-order valence-electron chi connectivity index (χ1n) is 9.54. The minimum Gasteiger partial charge on any atom is -0.506 e. The summed E-state index contributed by atoms with van der Waals surface area (Å²) < 4.78 is 2.23. The van der Waals surface area contributed by atoms with Gasteiger partial charge >= 0.3 is 0 Å². The number of carbonyl (C=O) groups excluding carboxylic acids is 1. The van der Waals surface area contributed by atoms with Crippen LogP contribution in [0.4, 0.5) is 5.69 Å². The SMILES string of the molecule is O=C1C[C@@H](c2ccc(O)c(Cl)c2)c2cn(Cc3ccccc3)c3cccc(c23)N1. The average molecular weight is 403 g/mol. The van der Waals surface area contributed by atoms with Crippen molar-refractivity contribution in [1.29, 1.82) is 0 Å². The second kappa shape index (κ2) is 6.98. The molecule has 144 valence electrons. The summed E-state index contributed by atoms with van der Waals surface area (Å²) in [6.45, 7) is 0.748. The lowest BCUT2D eigenvalue weighted by Crippen LogP contribution is -2.14. The molecule has 1 aliphatic heterocycles. The first kappa shape index (κ1) is 17.8. The van der Waals surface area contributed by atoms with Crippen molar-refractivity contribution in [3.05, 3.63) is 94.6 Å². The van der Waals surface area contributed by atoms with Crippen molar-refractivity contribution >= 4 is 34.1 Å². The molecule has 0 fully saturated rings. The summed E-state index contributed by atoms with van der Waals surface area (Å²) >= 11 is 6.17. The van der Waals surface area contributed by atoms with Crippen molar-refractivity contribution in [3.63, 3.8) is 0 Å². The average Bonchev–Trinajstić information content (AvgIpc) is 3.01. The van der Waals surface area contributed by atoms with Crippen LogP contribution in [0.3, 0.4) is 0 Å². The number of nitrogens with one attached hydrogen (secondary N) is 1. The molecule has 0 saturated carbocycles. The molecule has 1 amide bonds. The van der Waals surface area contributed by atoms with Gasteiger partial charge in [0, 0.05) is 30.5 Å². The Morgan fingerprint density at radius 2 is 1.90 bits per heavy atom. The number of benzene rings is 3. The fraction of sp³-hybridized carbons (Fsp3) is 0.125. The van der Waals surface area contributed by atoms with Gasteiger partial charge in [0.05, 0.1) is 16.2 Å². The van der Waals surface area contributed by atoms with E-state index in [4.69, 9.17) is 11.6 Å². The van der Waals surface area contributed by atoms with Crippen molar-refractivity contribution in [1.82, 2.24) is 4.57 Å². The van der Waals surface area contributed by atoms with Crippen molar-refractivity contribution in [2.75, 3.05) is 5.32 Å². The van der Waals surface area contributed by atoms with Gasteiger partial charge in [0.25, 0.3) is 0 Å². The van der Waals surface area contributed by atoms with E-state index in [1.54, 1.807) is 12.1 Å². The van der Waals surface area contributed by atoms with Crippen LogP contribution in [0.25, 0.3) is 10.9 Å². The number of carbonyl (C=O) groups is 1. The molecule has 1 aromatic heterocycles. The largest absolute Gasteiger partial charge is 0.506 e. The first-order valence-corrected chi connectivity index (χ1v) is 9.92. The van der Waals surface area contributed by atoms with Gasteiger partial charge in [0.15, 0.2) is 0 Å². The molecule has 2 N–H and O–H groups in total. The molecule has 2 heterocycles. The fourth-order valence-electron chi connectivity index (χ4n) is 4.20. The van der Waals surface area contributed by atoms with Crippen LogP contribution in [0, 0.1) is 0 Å². The number of halogens is 1. The van der Waals surface area contributed by atoms with Gasteiger partial charge in [-0.3, -0.25) is 4.79 Å². The number of aromatic hydroxyl groups is 1. The minimum atomic E-state index is -0.142. The molecule has 5 rings (SSSR count). The summed E-state index contributed by atoms with van der Waals surface area (Å²) in [6.07, 6.45) is 2.47. The Morgan fingerprint density at radius 3 is 2.69 bits per heavy atom. The molecule has 1 aliphatic rings. The molecule has 5 heteroatoms. The Hall–Kier alpha value is -3.24. The number of aromatic nitrogens is 1. The molecule has 0 unspecified atom stereocenters. The van der Waals surface area contributed by atoms with Gasteiger partial charge in [-0.15, -0.1) is 0 Å². The summed E-state index contributed by atoms with van der Waals surface area (Å²) in [4.78, 5) is 12.6. The number of phenols is 1. The molecular weight excluding hydrogens is 384 g/mol. The normalized spacial score (nSPS) is 15.9. The quantitative estimate of drug-likeness (QED) is 0.474. The maximum absolute atomic E-state index is 12.6. The van der Waals surface area contributed by atoms with Crippen LogP contribution in [0.1, 0.15) is 29.0 Å². The van der Waals surface area contributed by atoms with Crippen LogP contribution in [-0.4, -0.2) is 15.6 Å². The standard InChI is InChI=1S/C24H19ClN2O2/c25-19-11-16(9-10-22(19)28)17-12-23(29)26-20-7-4-8-21-24(20)18(17)14-27(21)13-15-5-2-1-3-6-15/h1-11,14,17,28H,12-13H2,(H,26,29)/t17-/m0/s1. The van der Waals surface area contributed by atoms with Crippen molar-refractivity contribution in [3.8, 4) is 5.75 Å². The molecule has 0 saturated heterocycles. The van der Waals surface area contributed by atoms with Crippen LogP contribution in [0.5, 0.6) is 5.75 Å². The third-order valence-electron chi connectivity index (χ3n) is 5.54. The summed E-state index contributed by atoms with van der Waals surface area (Å²) in [7, 11) is 0. The molecule has 0 bridgehead atoms. The number of anilines is 1. The zero-order valence-corrected chi connectivity index (χ0v) is 16.4. The Balaban J connectivity index is 1.70. The van der Waals surface area contributed by atoms with E-state index in [0.29, 0.717) is 11.4 Å². The van der Waals surface area contributed by atoms with Gasteiger partial charge in [0.2, 0.25) is 5.91 Å². The van der Waals surface area contributed by atoms with Crippen LogP contribution in [-0.2, 0) is 11.3 Å². The Kier molecular flexibility index (Phi) is 4.29. The summed E-state index contributed by atoms with van der Waals surface area (Å²) in [5.41, 5.74) is 5.14. The van der Waals surface area contributed by atoms with E-state index < -0.39 is 0 Å². The van der Waals surface area contributed by atoms with E-state index in [0.717, 1.165) is 34.3 Å². The number of rotatable bonds is 3. The molecule has 29 heavy (non-hydrogen) atoms. The van der Waals surface area contributed by atoms with Gasteiger partial charge in [-0.25, -0.2) is 0 Å². The van der Waals surface area contributed by atoms with E-state index >= 15 is 0 Å². The Bertz CT molecular complexity index is 1230. The highest BCUT2D eigenvalue weighted by Crippen LogP contribution is 2.42. The van der Waals surface area contributed by atoms with Crippen LogP contribution >= 0.6 is 11.6 Å². The number of amides is 1. The smallest absolute Gasteiger partial charge is 0.225 e. The van der Waals surface area contributed by atoms with E-state index in [2.05, 4.69) is 34.3 Å². The van der Waals surface area contributed by atoms with Crippen molar-refractivity contribution in [2.45, 2.75) is 18.9 Å². The lowest BCUT2D eigenvalue weighted by Gasteiger charge is -2.15. The highest BCUT2D eigenvalue weighted by molar-refractivity contribution is 6.32. The molecule has 4 nitrogen and oxygen atoms in total. The molecule has 1 atom stereocenters. The fourth-order valence-corrected chi connectivity index (χ4v) is 4.39. The van der Waals surface area contributed by atoms with Crippen molar-refractivity contribution in [2.24, 2.45) is 0 Å². The molecular formula is C24H19ClN2O2. The zero-order chi connectivity index (χ0) is 20.0. The van der Waals surface area contributed by atoms with Gasteiger partial charge < -0.3 is 15.0 Å². The number of hydrogen-bond acceptors (Lipinski definition) is 2. The molecule has 0 aliphatic carbocycles. The number of nitrogens with zero attached hydrogens (tertiary/aromatic N) is 1. The highest BCUT2D eigenvalue weighted by atomic mass is 35.5. The maximum atomic E-state index is 12.6. The summed E-state index contributed by atoms with van der Waals surface area (Å²) in [6, 6.07) is 21.5. The highest BCUT2D eigenvalue weighted by Gasteiger charge is 2.28. The molecule has 0 spiro atoms. The van der Waals surface area contributed by atoms with E-state index in [-0.39, 0.29) is 17.6 Å². The predicted molar refractivity (Wildman–Crippen MR) is 116 cm³/mol. The van der Waals surface area contributed by atoms with Gasteiger partial charge in [-0.05, 0) is 41.0 Å². The van der Waals surface area contributed by atoms with Crippen LogP contribution in [0.15, 0.2) is 72.9 Å². The minimum absolute atomic E-state index is 0.0301.